The van der Waals surface area contributed by atoms with Gasteiger partial charge >= 0.3 is 0 Å². The first kappa shape index (κ1) is 15.0. The first-order valence-corrected chi connectivity index (χ1v) is 7.41. The van der Waals surface area contributed by atoms with Crippen LogP contribution in [0.15, 0.2) is 24.3 Å². The molecule has 1 aliphatic carbocycles. The molecule has 1 amide bonds. The van der Waals surface area contributed by atoms with Gasteiger partial charge in [0.25, 0.3) is 0 Å². The number of primary amides is 1. The van der Waals surface area contributed by atoms with Crippen LogP contribution in [0, 0.1) is 11.7 Å². The van der Waals surface area contributed by atoms with Gasteiger partial charge in [0, 0.05) is 18.0 Å². The molecule has 0 radical (unpaired) electrons. The Bertz CT molecular complexity index is 438. The standard InChI is InChI=1S/C16H23FN2O/c1-2-15(11-3-7-13(17)8-4-11)19-14-9-5-12(6-10-14)16(18)20/h3-4,7-8,12,14-15,19H,2,5-6,9-10H2,1H3,(H2,18,20). The molecule has 0 bridgehead atoms. The van der Waals surface area contributed by atoms with E-state index >= 15 is 0 Å². The van der Waals surface area contributed by atoms with Crippen molar-refractivity contribution in [3.05, 3.63) is 35.6 Å². The summed E-state index contributed by atoms with van der Waals surface area (Å²) in [7, 11) is 0. The van der Waals surface area contributed by atoms with E-state index in [9.17, 15) is 9.18 Å². The number of amides is 1. The van der Waals surface area contributed by atoms with Crippen LogP contribution in [0.25, 0.3) is 0 Å². The average Bonchev–Trinajstić information content (AvgIpc) is 2.46. The molecule has 1 aromatic carbocycles. The van der Waals surface area contributed by atoms with Crippen molar-refractivity contribution >= 4 is 5.91 Å². The van der Waals surface area contributed by atoms with Crippen LogP contribution >= 0.6 is 0 Å². The largest absolute Gasteiger partial charge is 0.369 e. The number of carbonyl (C=O) groups excluding carboxylic acids is 1. The highest BCUT2D eigenvalue weighted by atomic mass is 19.1. The van der Waals surface area contributed by atoms with Crippen LogP contribution in [0.1, 0.15) is 50.6 Å². The Hall–Kier alpha value is -1.42. The maximum absolute atomic E-state index is 13.0. The summed E-state index contributed by atoms with van der Waals surface area (Å²) in [6.07, 6.45) is 4.65. The smallest absolute Gasteiger partial charge is 0.220 e. The Morgan fingerprint density at radius 2 is 1.90 bits per heavy atom. The molecule has 3 nitrogen and oxygen atoms in total. The predicted molar refractivity (Wildman–Crippen MR) is 77.5 cm³/mol. The van der Waals surface area contributed by atoms with Crippen LogP contribution < -0.4 is 11.1 Å². The monoisotopic (exact) mass is 278 g/mol. The van der Waals surface area contributed by atoms with E-state index in [1.165, 1.54) is 12.1 Å². The minimum absolute atomic E-state index is 0.0407. The molecular weight excluding hydrogens is 255 g/mol. The Kier molecular flexibility index (Phi) is 5.12. The molecule has 0 spiro atoms. The van der Waals surface area contributed by atoms with Crippen molar-refractivity contribution in [2.75, 3.05) is 0 Å². The molecule has 0 aromatic heterocycles. The summed E-state index contributed by atoms with van der Waals surface area (Å²) in [6, 6.07) is 7.34. The molecule has 0 saturated heterocycles. The highest BCUT2D eigenvalue weighted by Gasteiger charge is 2.26. The molecule has 110 valence electrons. The number of nitrogens with two attached hydrogens (primary N) is 1. The number of hydrogen-bond acceptors (Lipinski definition) is 2. The fourth-order valence-electron chi connectivity index (χ4n) is 2.97. The van der Waals surface area contributed by atoms with Gasteiger partial charge in [0.1, 0.15) is 5.82 Å². The molecule has 0 aliphatic heterocycles. The third-order valence-corrected chi connectivity index (χ3v) is 4.25. The summed E-state index contributed by atoms with van der Waals surface area (Å²) in [5.41, 5.74) is 6.47. The molecule has 1 aromatic rings. The second-order valence-electron chi connectivity index (χ2n) is 5.63. The second-order valence-corrected chi connectivity index (χ2v) is 5.63. The lowest BCUT2D eigenvalue weighted by atomic mass is 9.85. The third-order valence-electron chi connectivity index (χ3n) is 4.25. The lowest BCUT2D eigenvalue weighted by Gasteiger charge is -2.31. The maximum atomic E-state index is 13.0. The van der Waals surface area contributed by atoms with E-state index in [2.05, 4.69) is 12.2 Å². The zero-order chi connectivity index (χ0) is 14.5. The highest BCUT2D eigenvalue weighted by molar-refractivity contribution is 5.76. The number of hydrogen-bond donors (Lipinski definition) is 2. The van der Waals surface area contributed by atoms with Gasteiger partial charge in [0.05, 0.1) is 0 Å². The lowest BCUT2D eigenvalue weighted by Crippen LogP contribution is -2.38. The maximum Gasteiger partial charge on any atom is 0.220 e. The normalized spacial score (nSPS) is 24.3. The van der Waals surface area contributed by atoms with E-state index in [1.807, 2.05) is 12.1 Å². The Morgan fingerprint density at radius 1 is 1.30 bits per heavy atom. The molecule has 0 heterocycles. The fourth-order valence-corrected chi connectivity index (χ4v) is 2.97. The van der Waals surface area contributed by atoms with Crippen molar-refractivity contribution < 1.29 is 9.18 Å². The van der Waals surface area contributed by atoms with E-state index < -0.39 is 0 Å². The van der Waals surface area contributed by atoms with Crippen molar-refractivity contribution in [2.45, 2.75) is 51.1 Å². The zero-order valence-electron chi connectivity index (χ0n) is 11.9. The SMILES string of the molecule is CCC(NC1CCC(C(N)=O)CC1)c1ccc(F)cc1. The summed E-state index contributed by atoms with van der Waals surface area (Å²) >= 11 is 0. The quantitative estimate of drug-likeness (QED) is 0.870. The van der Waals surface area contributed by atoms with Gasteiger partial charge in [-0.25, -0.2) is 4.39 Å². The van der Waals surface area contributed by atoms with Gasteiger partial charge in [-0.1, -0.05) is 19.1 Å². The van der Waals surface area contributed by atoms with Gasteiger partial charge in [0.15, 0.2) is 0 Å². The number of halogens is 1. The minimum Gasteiger partial charge on any atom is -0.369 e. The Balaban J connectivity index is 1.91. The van der Waals surface area contributed by atoms with Crippen LogP contribution in [-0.2, 0) is 4.79 Å². The molecule has 1 atom stereocenters. The van der Waals surface area contributed by atoms with Crippen LogP contribution in [0.4, 0.5) is 4.39 Å². The number of nitrogens with one attached hydrogen (secondary N) is 1. The number of carbonyl (C=O) groups is 1. The van der Waals surface area contributed by atoms with Crippen LogP contribution in [0.5, 0.6) is 0 Å². The molecule has 2 rings (SSSR count). The van der Waals surface area contributed by atoms with E-state index in [0.29, 0.717) is 6.04 Å². The summed E-state index contributed by atoms with van der Waals surface area (Å²) in [5.74, 6) is -0.335. The lowest BCUT2D eigenvalue weighted by molar-refractivity contribution is -0.122. The van der Waals surface area contributed by atoms with Crippen molar-refractivity contribution in [2.24, 2.45) is 11.7 Å². The van der Waals surface area contributed by atoms with Crippen molar-refractivity contribution in [3.63, 3.8) is 0 Å². The molecule has 20 heavy (non-hydrogen) atoms. The molecule has 3 N–H and O–H groups in total. The summed E-state index contributed by atoms with van der Waals surface area (Å²) in [6.45, 7) is 2.12. The van der Waals surface area contributed by atoms with Gasteiger partial charge in [-0.2, -0.15) is 0 Å². The minimum atomic E-state index is -0.203. The van der Waals surface area contributed by atoms with E-state index in [4.69, 9.17) is 5.73 Å². The van der Waals surface area contributed by atoms with E-state index in [1.54, 1.807) is 0 Å². The van der Waals surface area contributed by atoms with Crippen molar-refractivity contribution in [3.8, 4) is 0 Å². The Morgan fingerprint density at radius 3 is 2.40 bits per heavy atom. The van der Waals surface area contributed by atoms with E-state index in [0.717, 1.165) is 37.7 Å². The molecule has 1 fully saturated rings. The molecule has 1 saturated carbocycles. The molecule has 4 heteroatoms. The number of rotatable bonds is 5. The average molecular weight is 278 g/mol. The van der Waals surface area contributed by atoms with Gasteiger partial charge < -0.3 is 11.1 Å². The number of benzene rings is 1. The van der Waals surface area contributed by atoms with Crippen molar-refractivity contribution in [1.29, 1.82) is 0 Å². The topological polar surface area (TPSA) is 55.1 Å². The van der Waals surface area contributed by atoms with Gasteiger partial charge in [0.2, 0.25) is 5.91 Å². The second kappa shape index (κ2) is 6.84. The predicted octanol–water partition coefficient (Wildman–Crippen LogP) is 2.91. The van der Waals surface area contributed by atoms with E-state index in [-0.39, 0.29) is 23.7 Å². The zero-order valence-corrected chi connectivity index (χ0v) is 11.9. The highest BCUT2D eigenvalue weighted by Crippen LogP contribution is 2.27. The Labute approximate surface area is 119 Å². The van der Waals surface area contributed by atoms with Crippen LogP contribution in [0.3, 0.4) is 0 Å². The molecule has 1 aliphatic rings. The molecular formula is C16H23FN2O. The first-order chi connectivity index (χ1) is 9.60. The summed E-state index contributed by atoms with van der Waals surface area (Å²) < 4.78 is 13.0. The molecule has 1 unspecified atom stereocenters. The van der Waals surface area contributed by atoms with Gasteiger partial charge in [-0.3, -0.25) is 4.79 Å². The first-order valence-electron chi connectivity index (χ1n) is 7.41. The van der Waals surface area contributed by atoms with Crippen molar-refractivity contribution in [1.82, 2.24) is 5.32 Å². The van der Waals surface area contributed by atoms with Gasteiger partial charge in [-0.15, -0.1) is 0 Å². The van der Waals surface area contributed by atoms with Crippen LogP contribution in [-0.4, -0.2) is 11.9 Å². The summed E-state index contributed by atoms with van der Waals surface area (Å²) in [4.78, 5) is 11.2. The fraction of sp³-hybridized carbons (Fsp3) is 0.562. The summed E-state index contributed by atoms with van der Waals surface area (Å²) in [5, 5.41) is 3.63. The third kappa shape index (κ3) is 3.79. The van der Waals surface area contributed by atoms with Gasteiger partial charge in [-0.05, 0) is 49.8 Å². The van der Waals surface area contributed by atoms with Crippen LogP contribution in [0.2, 0.25) is 0 Å².